The van der Waals surface area contributed by atoms with Crippen LogP contribution < -0.4 is 10.0 Å². The molecule has 0 bridgehead atoms. The highest BCUT2D eigenvalue weighted by Gasteiger charge is 2.29. The Morgan fingerprint density at radius 2 is 1.84 bits per heavy atom. The Labute approximate surface area is 151 Å². The average Bonchev–Trinajstić information content (AvgIpc) is 2.61. The monoisotopic (exact) mass is 366 g/mol. The average molecular weight is 367 g/mol. The standard InChI is InChI=1S/C19H30N2O3S/c1-25(22,23)21-19-11-12-20-13-17(19)14-24-18-9-7-16(8-10-18)15-5-3-2-4-6-15/h2-6,16-21H,7-14H2,1H3/t16-,17-,18+,19?/m0/s1. The van der Waals surface area contributed by atoms with E-state index < -0.39 is 10.0 Å². The molecule has 0 spiro atoms. The van der Waals surface area contributed by atoms with E-state index in [2.05, 4.69) is 40.4 Å². The van der Waals surface area contributed by atoms with Crippen LogP contribution in [0.25, 0.3) is 0 Å². The van der Waals surface area contributed by atoms with Crippen molar-refractivity contribution in [1.82, 2.24) is 10.0 Å². The van der Waals surface area contributed by atoms with Gasteiger partial charge in [-0.15, -0.1) is 0 Å². The molecule has 1 saturated heterocycles. The van der Waals surface area contributed by atoms with Crippen LogP contribution in [-0.4, -0.2) is 46.5 Å². The third-order valence-electron chi connectivity index (χ3n) is 5.46. The molecule has 1 unspecified atom stereocenters. The topological polar surface area (TPSA) is 67.4 Å². The van der Waals surface area contributed by atoms with Gasteiger partial charge in [0.1, 0.15) is 0 Å². The molecule has 0 radical (unpaired) electrons. The molecule has 6 heteroatoms. The molecule has 2 atom stereocenters. The summed E-state index contributed by atoms with van der Waals surface area (Å²) in [6.45, 7) is 2.29. The van der Waals surface area contributed by atoms with Crippen LogP contribution in [0.2, 0.25) is 0 Å². The summed E-state index contributed by atoms with van der Waals surface area (Å²) in [5, 5.41) is 3.35. The molecular weight excluding hydrogens is 336 g/mol. The molecule has 1 heterocycles. The molecule has 25 heavy (non-hydrogen) atoms. The molecule has 140 valence electrons. The fraction of sp³-hybridized carbons (Fsp3) is 0.684. The lowest BCUT2D eigenvalue weighted by Gasteiger charge is -2.34. The SMILES string of the molecule is CS(=O)(=O)NC1CCNC[C@H]1CO[C@H]1CC[C@@H](c2ccccc2)CC1. The summed E-state index contributed by atoms with van der Waals surface area (Å²) in [7, 11) is -3.17. The first-order chi connectivity index (χ1) is 12.0. The van der Waals surface area contributed by atoms with E-state index in [1.807, 2.05) is 0 Å². The minimum Gasteiger partial charge on any atom is -0.378 e. The first-order valence-electron chi connectivity index (χ1n) is 9.36. The number of nitrogens with one attached hydrogen (secondary N) is 2. The Hall–Kier alpha value is -0.950. The summed E-state index contributed by atoms with van der Waals surface area (Å²) in [4.78, 5) is 0. The van der Waals surface area contributed by atoms with Crippen molar-refractivity contribution in [1.29, 1.82) is 0 Å². The normalized spacial score (nSPS) is 30.9. The van der Waals surface area contributed by atoms with Crippen molar-refractivity contribution in [2.24, 2.45) is 5.92 Å². The van der Waals surface area contributed by atoms with Crippen LogP contribution in [0, 0.1) is 5.92 Å². The maximum atomic E-state index is 11.5. The first kappa shape index (κ1) is 18.8. The molecule has 2 aliphatic rings. The van der Waals surface area contributed by atoms with Crippen molar-refractivity contribution in [3.8, 4) is 0 Å². The molecule has 5 nitrogen and oxygen atoms in total. The van der Waals surface area contributed by atoms with Crippen molar-refractivity contribution >= 4 is 10.0 Å². The summed E-state index contributed by atoms with van der Waals surface area (Å²) in [5.74, 6) is 0.854. The van der Waals surface area contributed by atoms with Crippen LogP contribution in [0.1, 0.15) is 43.6 Å². The summed E-state index contributed by atoms with van der Waals surface area (Å²) in [6.07, 6.45) is 6.87. The van der Waals surface area contributed by atoms with E-state index in [-0.39, 0.29) is 12.0 Å². The molecular formula is C19H30N2O3S. The zero-order valence-electron chi connectivity index (χ0n) is 15.0. The Balaban J connectivity index is 1.45. The Morgan fingerprint density at radius 1 is 1.12 bits per heavy atom. The van der Waals surface area contributed by atoms with Gasteiger partial charge in [0.05, 0.1) is 19.0 Å². The van der Waals surface area contributed by atoms with Crippen LogP contribution >= 0.6 is 0 Å². The highest BCUT2D eigenvalue weighted by molar-refractivity contribution is 7.88. The van der Waals surface area contributed by atoms with E-state index in [4.69, 9.17) is 4.74 Å². The summed E-state index contributed by atoms with van der Waals surface area (Å²) >= 11 is 0. The van der Waals surface area contributed by atoms with Gasteiger partial charge >= 0.3 is 0 Å². The zero-order valence-corrected chi connectivity index (χ0v) is 15.8. The van der Waals surface area contributed by atoms with Gasteiger partial charge in [-0.1, -0.05) is 30.3 Å². The lowest BCUT2D eigenvalue weighted by molar-refractivity contribution is -0.00402. The van der Waals surface area contributed by atoms with Gasteiger partial charge in [-0.2, -0.15) is 0 Å². The van der Waals surface area contributed by atoms with Crippen LogP contribution in [0.5, 0.6) is 0 Å². The van der Waals surface area contributed by atoms with E-state index in [1.54, 1.807) is 0 Å². The number of benzene rings is 1. The van der Waals surface area contributed by atoms with Gasteiger partial charge in [-0.25, -0.2) is 13.1 Å². The first-order valence-corrected chi connectivity index (χ1v) is 11.2. The zero-order chi connectivity index (χ0) is 17.7. The van der Waals surface area contributed by atoms with Crippen molar-refractivity contribution < 1.29 is 13.2 Å². The number of ether oxygens (including phenoxy) is 1. The smallest absolute Gasteiger partial charge is 0.208 e. The van der Waals surface area contributed by atoms with Gasteiger partial charge in [0, 0.05) is 18.5 Å². The second-order valence-electron chi connectivity index (χ2n) is 7.47. The van der Waals surface area contributed by atoms with Gasteiger partial charge in [0.25, 0.3) is 0 Å². The van der Waals surface area contributed by atoms with Crippen molar-refractivity contribution in [3.63, 3.8) is 0 Å². The number of rotatable bonds is 6. The predicted molar refractivity (Wildman–Crippen MR) is 100 cm³/mol. The van der Waals surface area contributed by atoms with Crippen LogP contribution in [0.4, 0.5) is 0 Å². The van der Waals surface area contributed by atoms with Gasteiger partial charge < -0.3 is 10.1 Å². The molecule has 1 aromatic rings. The fourth-order valence-corrected chi connectivity index (χ4v) is 4.94. The number of piperidine rings is 1. The molecule has 2 fully saturated rings. The van der Waals surface area contributed by atoms with E-state index in [9.17, 15) is 8.42 Å². The van der Waals surface area contributed by atoms with Crippen molar-refractivity contribution in [3.05, 3.63) is 35.9 Å². The number of sulfonamides is 1. The minimum atomic E-state index is -3.17. The molecule has 2 N–H and O–H groups in total. The summed E-state index contributed by atoms with van der Waals surface area (Å²) in [5.41, 5.74) is 1.44. The van der Waals surface area contributed by atoms with E-state index in [1.165, 1.54) is 24.7 Å². The second-order valence-corrected chi connectivity index (χ2v) is 9.25. The molecule has 3 rings (SSSR count). The van der Waals surface area contributed by atoms with E-state index in [0.29, 0.717) is 18.6 Å². The Kier molecular flexibility index (Phi) is 6.49. The molecule has 0 aromatic heterocycles. The Bertz CT molecular complexity index is 627. The predicted octanol–water partition coefficient (Wildman–Crippen LogP) is 2.26. The van der Waals surface area contributed by atoms with Gasteiger partial charge in [-0.3, -0.25) is 0 Å². The quantitative estimate of drug-likeness (QED) is 0.810. The van der Waals surface area contributed by atoms with Gasteiger partial charge in [-0.05, 0) is 50.1 Å². The summed E-state index contributed by atoms with van der Waals surface area (Å²) in [6, 6.07) is 10.7. The highest BCUT2D eigenvalue weighted by atomic mass is 32.2. The molecule has 1 aliphatic carbocycles. The molecule has 1 saturated carbocycles. The highest BCUT2D eigenvalue weighted by Crippen LogP contribution is 2.34. The lowest BCUT2D eigenvalue weighted by atomic mass is 9.82. The van der Waals surface area contributed by atoms with E-state index >= 15 is 0 Å². The van der Waals surface area contributed by atoms with Gasteiger partial charge in [0.15, 0.2) is 0 Å². The fourth-order valence-electron chi connectivity index (χ4n) is 4.08. The molecule has 1 aromatic carbocycles. The van der Waals surface area contributed by atoms with E-state index in [0.717, 1.165) is 32.4 Å². The maximum Gasteiger partial charge on any atom is 0.208 e. The minimum absolute atomic E-state index is 0.0168. The van der Waals surface area contributed by atoms with Gasteiger partial charge in [0.2, 0.25) is 10.0 Å². The lowest BCUT2D eigenvalue weighted by Crippen LogP contribution is -2.51. The summed E-state index contributed by atoms with van der Waals surface area (Å²) < 4.78 is 32.1. The second kappa shape index (κ2) is 8.62. The van der Waals surface area contributed by atoms with Crippen LogP contribution in [0.3, 0.4) is 0 Å². The Morgan fingerprint density at radius 3 is 2.52 bits per heavy atom. The maximum absolute atomic E-state index is 11.5. The third-order valence-corrected chi connectivity index (χ3v) is 6.20. The number of hydrogen-bond donors (Lipinski definition) is 2. The molecule has 0 amide bonds. The number of hydrogen-bond acceptors (Lipinski definition) is 4. The van der Waals surface area contributed by atoms with Crippen LogP contribution in [-0.2, 0) is 14.8 Å². The third kappa shape index (κ3) is 5.78. The van der Waals surface area contributed by atoms with Crippen LogP contribution in [0.15, 0.2) is 30.3 Å². The van der Waals surface area contributed by atoms with Crippen molar-refractivity contribution in [2.75, 3.05) is 26.0 Å². The van der Waals surface area contributed by atoms with Crippen molar-refractivity contribution in [2.45, 2.75) is 50.2 Å². The molecule has 1 aliphatic heterocycles. The largest absolute Gasteiger partial charge is 0.378 e.